The van der Waals surface area contributed by atoms with Crippen molar-refractivity contribution < 1.29 is 20.0 Å². The Bertz CT molecular complexity index is 312. The lowest BCUT2D eigenvalue weighted by molar-refractivity contribution is -0.365. The maximum absolute atomic E-state index is 11.4. The van der Waals surface area contributed by atoms with Crippen molar-refractivity contribution in [3.63, 3.8) is 0 Å². The maximum Gasteiger partial charge on any atom is 0.246 e. The van der Waals surface area contributed by atoms with Gasteiger partial charge in [-0.05, 0) is 0 Å². The molecule has 162 valence electrons. The second-order valence-electron chi connectivity index (χ2n) is 6.00. The third-order valence-electron chi connectivity index (χ3n) is 3.56. The average Bonchev–Trinajstić information content (AvgIpc) is 2.67. The lowest BCUT2D eigenvalue weighted by Crippen LogP contribution is -2.54. The van der Waals surface area contributed by atoms with Gasteiger partial charge in [0.15, 0.2) is 0 Å². The Kier molecular flexibility index (Phi) is 22.5. The van der Waals surface area contributed by atoms with Crippen molar-refractivity contribution in [1.82, 2.24) is 31.9 Å². The van der Waals surface area contributed by atoms with E-state index in [-0.39, 0.29) is 12.5 Å². The lowest BCUT2D eigenvalue weighted by atomic mass is 10.5. The number of hydrogen-bond donors (Lipinski definition) is 7. The summed E-state index contributed by atoms with van der Waals surface area (Å²) < 4.78 is 9.98. The highest BCUT2D eigenvalue weighted by atomic mass is 16.5. The van der Waals surface area contributed by atoms with Crippen LogP contribution in [0, 0.1) is 0 Å². The topological polar surface area (TPSA) is 135 Å². The molecule has 0 heterocycles. The van der Waals surface area contributed by atoms with Gasteiger partial charge in [-0.1, -0.05) is 0 Å². The monoisotopic (exact) mass is 392 g/mol. The zero-order valence-corrected chi connectivity index (χ0v) is 17.0. The predicted octanol–water partition coefficient (Wildman–Crippen LogP) is -4.04. The summed E-state index contributed by atoms with van der Waals surface area (Å²) in [5, 5.41) is 19.5. The third-order valence-corrected chi connectivity index (χ3v) is 3.56. The average molecular weight is 393 g/mol. The molecule has 10 heteroatoms. The van der Waals surface area contributed by atoms with Crippen molar-refractivity contribution in [2.75, 3.05) is 105 Å². The Morgan fingerprint density at radius 2 is 1.15 bits per heavy atom. The lowest BCUT2D eigenvalue weighted by Gasteiger charge is -2.09. The van der Waals surface area contributed by atoms with E-state index in [4.69, 9.17) is 9.47 Å². The fourth-order valence-electron chi connectivity index (χ4n) is 2.11. The molecular weight excluding hydrogens is 350 g/mol. The van der Waals surface area contributed by atoms with Crippen molar-refractivity contribution in [3.05, 3.63) is 0 Å². The molecule has 0 aromatic carbocycles. The van der Waals surface area contributed by atoms with Gasteiger partial charge in [-0.3, -0.25) is 4.79 Å². The number of quaternary nitrogens is 1. The summed E-state index contributed by atoms with van der Waals surface area (Å²) in [4.78, 5) is 11.4. The second-order valence-corrected chi connectivity index (χ2v) is 6.00. The number of nitrogens with one attached hydrogen (secondary N) is 6. The molecule has 10 nitrogen and oxygen atoms in total. The Labute approximate surface area is 164 Å². The highest BCUT2D eigenvalue weighted by molar-refractivity contribution is 5.77. The van der Waals surface area contributed by atoms with Crippen LogP contribution in [0.1, 0.15) is 0 Å². The smallest absolute Gasteiger partial charge is 0.246 e. The van der Waals surface area contributed by atoms with Gasteiger partial charge in [0.1, 0.15) is 6.61 Å². The number of rotatable bonds is 22. The molecule has 0 unspecified atom stereocenters. The standard InChI is InChI=1S/C17H41N7O3/c1-26-14-15-27-16-17(25)24-13-12-23-11-10-22-9-8-21-7-6-20-5-4-19-3-2-18/h19-23H,2-16,18H2,1H3,(H,24,25)/p+1. The summed E-state index contributed by atoms with van der Waals surface area (Å²) in [5.41, 5.74) is 3.79. The molecule has 1 amide bonds. The fourth-order valence-corrected chi connectivity index (χ4v) is 2.11. The van der Waals surface area contributed by atoms with Gasteiger partial charge < -0.3 is 47.1 Å². The summed E-state index contributed by atoms with van der Waals surface area (Å²) in [5.74, 6) is -0.0962. The molecule has 0 fully saturated rings. The minimum Gasteiger partial charge on any atom is -0.382 e. The molecule has 0 aromatic rings. The van der Waals surface area contributed by atoms with E-state index < -0.39 is 0 Å². The molecule has 0 radical (unpaired) electrons. The van der Waals surface area contributed by atoms with Gasteiger partial charge in [0.05, 0.1) is 19.8 Å². The van der Waals surface area contributed by atoms with E-state index in [2.05, 4.69) is 37.6 Å². The molecule has 0 spiro atoms. The van der Waals surface area contributed by atoms with E-state index in [0.29, 0.717) is 19.8 Å². The van der Waals surface area contributed by atoms with Crippen LogP contribution in [-0.2, 0) is 14.3 Å². The Morgan fingerprint density at radius 1 is 0.704 bits per heavy atom. The number of ether oxygens (including phenoxy) is 2. The Hall–Kier alpha value is -0.850. The van der Waals surface area contributed by atoms with Crippen LogP contribution in [0.15, 0.2) is 0 Å². The largest absolute Gasteiger partial charge is 0.382 e. The summed E-state index contributed by atoms with van der Waals surface area (Å²) in [6.45, 7) is 11.9. The van der Waals surface area contributed by atoms with E-state index in [9.17, 15) is 4.79 Å². The van der Waals surface area contributed by atoms with Crippen LogP contribution in [0.4, 0.5) is 0 Å². The molecule has 0 saturated carbocycles. The van der Waals surface area contributed by atoms with Crippen LogP contribution in [0.3, 0.4) is 0 Å². The van der Waals surface area contributed by atoms with Crippen LogP contribution < -0.4 is 37.6 Å². The predicted molar refractivity (Wildman–Crippen MR) is 108 cm³/mol. The van der Waals surface area contributed by atoms with E-state index >= 15 is 0 Å². The molecule has 0 rings (SSSR count). The number of amides is 1. The summed E-state index contributed by atoms with van der Waals surface area (Å²) >= 11 is 0. The molecule has 0 atom stereocenters. The van der Waals surface area contributed by atoms with Crippen molar-refractivity contribution in [3.8, 4) is 0 Å². The van der Waals surface area contributed by atoms with Gasteiger partial charge in [0.25, 0.3) is 0 Å². The van der Waals surface area contributed by atoms with Gasteiger partial charge in [0.2, 0.25) is 5.91 Å². The van der Waals surface area contributed by atoms with Gasteiger partial charge in [-0.2, -0.15) is 0 Å². The zero-order valence-electron chi connectivity index (χ0n) is 17.0. The highest BCUT2D eigenvalue weighted by Gasteiger charge is 1.99. The summed E-state index contributed by atoms with van der Waals surface area (Å²) in [7, 11) is 1.60. The zero-order chi connectivity index (χ0) is 19.8. The van der Waals surface area contributed by atoms with Gasteiger partial charge in [0, 0.05) is 79.1 Å². The molecule has 0 aromatic heterocycles. The van der Waals surface area contributed by atoms with E-state index in [1.807, 2.05) is 0 Å². The molecule has 0 aliphatic heterocycles. The first-order valence-electron chi connectivity index (χ1n) is 9.97. The van der Waals surface area contributed by atoms with Gasteiger partial charge >= 0.3 is 0 Å². The van der Waals surface area contributed by atoms with Crippen molar-refractivity contribution in [2.45, 2.75) is 0 Å². The van der Waals surface area contributed by atoms with Crippen LogP contribution in [-0.4, -0.2) is 111 Å². The Morgan fingerprint density at radius 3 is 1.59 bits per heavy atom. The second kappa shape index (κ2) is 23.2. The first-order chi connectivity index (χ1) is 13.3. The molecular formula is C17H42N7O3+. The molecule has 0 bridgehead atoms. The SMILES string of the molecule is COCCOCC(=O)NCCNCCNCCNCCNCCNCC[NH3+]. The molecule has 0 saturated heterocycles. The normalized spacial score (nSPS) is 11.0. The van der Waals surface area contributed by atoms with Crippen molar-refractivity contribution >= 4 is 5.91 Å². The number of carbonyl (C=O) groups is 1. The summed E-state index contributed by atoms with van der Waals surface area (Å²) in [6.07, 6.45) is 0. The quantitative estimate of drug-likeness (QED) is 0.0926. The number of hydrogen-bond acceptors (Lipinski definition) is 8. The van der Waals surface area contributed by atoms with Gasteiger partial charge in [-0.25, -0.2) is 0 Å². The molecule has 9 N–H and O–H groups in total. The van der Waals surface area contributed by atoms with E-state index in [1.165, 1.54) is 0 Å². The number of methoxy groups -OCH3 is 1. The van der Waals surface area contributed by atoms with Crippen molar-refractivity contribution in [1.29, 1.82) is 0 Å². The molecule has 0 aliphatic carbocycles. The van der Waals surface area contributed by atoms with Crippen LogP contribution in [0.2, 0.25) is 0 Å². The maximum atomic E-state index is 11.4. The molecule has 0 aliphatic rings. The fraction of sp³-hybridized carbons (Fsp3) is 0.941. The Balaban J connectivity index is 3.07. The minimum atomic E-state index is -0.0962. The van der Waals surface area contributed by atoms with Gasteiger partial charge in [-0.15, -0.1) is 0 Å². The third kappa shape index (κ3) is 23.1. The molecule has 27 heavy (non-hydrogen) atoms. The first-order valence-corrected chi connectivity index (χ1v) is 9.97. The minimum absolute atomic E-state index is 0.0842. The van der Waals surface area contributed by atoms with E-state index in [1.54, 1.807) is 7.11 Å². The van der Waals surface area contributed by atoms with Crippen LogP contribution >= 0.6 is 0 Å². The summed E-state index contributed by atoms with van der Waals surface area (Å²) in [6, 6.07) is 0. The first kappa shape index (κ1) is 26.1. The number of carbonyl (C=O) groups excluding carboxylic acids is 1. The van der Waals surface area contributed by atoms with Crippen LogP contribution in [0.25, 0.3) is 0 Å². The van der Waals surface area contributed by atoms with E-state index in [0.717, 1.165) is 72.0 Å². The van der Waals surface area contributed by atoms with Crippen LogP contribution in [0.5, 0.6) is 0 Å². The highest BCUT2D eigenvalue weighted by Crippen LogP contribution is 1.76. The van der Waals surface area contributed by atoms with Crippen molar-refractivity contribution in [2.24, 2.45) is 0 Å².